The van der Waals surface area contributed by atoms with E-state index in [0.29, 0.717) is 6.04 Å². The van der Waals surface area contributed by atoms with Gasteiger partial charge < -0.3 is 4.40 Å². The Morgan fingerprint density at radius 1 is 1.16 bits per heavy atom. The fraction of sp³-hybridized carbons (Fsp3) is 0.368. The summed E-state index contributed by atoms with van der Waals surface area (Å²) in [6, 6.07) is 4.50. The van der Waals surface area contributed by atoms with Crippen LogP contribution in [0.1, 0.15) is 44.3 Å². The van der Waals surface area contributed by atoms with Crippen molar-refractivity contribution in [2.24, 2.45) is 0 Å². The van der Waals surface area contributed by atoms with Crippen molar-refractivity contribution in [2.75, 3.05) is 0 Å². The van der Waals surface area contributed by atoms with Crippen LogP contribution >= 0.6 is 0 Å². The van der Waals surface area contributed by atoms with Crippen molar-refractivity contribution in [1.29, 1.82) is 0 Å². The van der Waals surface area contributed by atoms with Crippen LogP contribution in [0.5, 0.6) is 0 Å². The number of pyridine rings is 1. The summed E-state index contributed by atoms with van der Waals surface area (Å²) >= 11 is 0. The van der Waals surface area contributed by atoms with Crippen LogP contribution in [-0.2, 0) is 6.42 Å². The lowest BCUT2D eigenvalue weighted by Crippen LogP contribution is -2.08. The lowest BCUT2D eigenvalue weighted by Gasteiger charge is -2.10. The molecule has 25 heavy (non-hydrogen) atoms. The number of imidazole rings is 1. The molecule has 1 saturated carbocycles. The summed E-state index contributed by atoms with van der Waals surface area (Å²) in [7, 11) is 0. The van der Waals surface area contributed by atoms with E-state index in [1.165, 1.54) is 25.7 Å². The predicted molar refractivity (Wildman–Crippen MR) is 96.4 cm³/mol. The van der Waals surface area contributed by atoms with Crippen molar-refractivity contribution in [3.8, 4) is 11.4 Å². The average Bonchev–Trinajstić information content (AvgIpc) is 3.38. The van der Waals surface area contributed by atoms with Crippen LogP contribution < -0.4 is 0 Å². The lowest BCUT2D eigenvalue weighted by atomic mass is 10.2. The third-order valence-corrected chi connectivity index (χ3v) is 5.18. The van der Waals surface area contributed by atoms with Crippen LogP contribution in [0.4, 0.5) is 0 Å². The summed E-state index contributed by atoms with van der Waals surface area (Å²) in [4.78, 5) is 13.8. The molecule has 0 aromatic carbocycles. The van der Waals surface area contributed by atoms with E-state index in [0.717, 1.165) is 40.2 Å². The molecule has 0 N–H and O–H groups in total. The first kappa shape index (κ1) is 14.6. The van der Waals surface area contributed by atoms with Crippen molar-refractivity contribution in [2.45, 2.75) is 45.1 Å². The zero-order valence-electron chi connectivity index (χ0n) is 14.3. The van der Waals surface area contributed by atoms with Gasteiger partial charge in [-0.3, -0.25) is 0 Å². The molecule has 6 heteroatoms. The number of aryl methyl sites for hydroxylation is 1. The highest BCUT2D eigenvalue weighted by Crippen LogP contribution is 2.32. The maximum atomic E-state index is 4.91. The maximum absolute atomic E-state index is 4.91. The van der Waals surface area contributed by atoms with Gasteiger partial charge in [0.25, 0.3) is 0 Å². The number of rotatable bonds is 3. The molecule has 126 valence electrons. The van der Waals surface area contributed by atoms with Crippen LogP contribution in [0.25, 0.3) is 28.1 Å². The first-order valence-corrected chi connectivity index (χ1v) is 9.00. The van der Waals surface area contributed by atoms with Gasteiger partial charge in [0.05, 0.1) is 17.1 Å². The van der Waals surface area contributed by atoms with E-state index < -0.39 is 0 Å². The number of fused-ring (bicyclic) bond motifs is 2. The molecule has 4 aromatic heterocycles. The highest BCUT2D eigenvalue weighted by atomic mass is 15.3. The summed E-state index contributed by atoms with van der Waals surface area (Å²) in [6.07, 6.45) is 13.6. The number of nitrogens with zero attached hydrogens (tertiary/aromatic N) is 6. The van der Waals surface area contributed by atoms with Gasteiger partial charge in [-0.1, -0.05) is 19.8 Å². The monoisotopic (exact) mass is 332 g/mol. The Bertz CT molecular complexity index is 1050. The molecule has 0 amide bonds. The van der Waals surface area contributed by atoms with Gasteiger partial charge in [0.15, 0.2) is 11.5 Å². The molecule has 0 radical (unpaired) electrons. The van der Waals surface area contributed by atoms with E-state index >= 15 is 0 Å². The average molecular weight is 332 g/mol. The van der Waals surface area contributed by atoms with Gasteiger partial charge in [-0.05, 0) is 31.4 Å². The zero-order valence-corrected chi connectivity index (χ0v) is 14.3. The smallest absolute Gasteiger partial charge is 0.163 e. The first-order chi connectivity index (χ1) is 12.3. The molecule has 0 spiro atoms. The normalized spacial score (nSPS) is 15.6. The molecule has 0 bridgehead atoms. The molecule has 1 aliphatic carbocycles. The van der Waals surface area contributed by atoms with Gasteiger partial charge in [0.1, 0.15) is 5.65 Å². The largest absolute Gasteiger partial charge is 0.306 e. The summed E-state index contributed by atoms with van der Waals surface area (Å²) in [5, 5.41) is 5.95. The molecule has 0 atom stereocenters. The van der Waals surface area contributed by atoms with Gasteiger partial charge in [-0.2, -0.15) is 5.10 Å². The SMILES string of the molecule is CCc1nn(C2CCCC2)c2nc(-c3ccc4nccn4c3)ncc12. The second-order valence-electron chi connectivity index (χ2n) is 6.72. The Morgan fingerprint density at radius 3 is 2.88 bits per heavy atom. The fourth-order valence-electron chi connectivity index (χ4n) is 3.84. The summed E-state index contributed by atoms with van der Waals surface area (Å²) < 4.78 is 4.15. The highest BCUT2D eigenvalue weighted by Gasteiger charge is 2.22. The predicted octanol–water partition coefficient (Wildman–Crippen LogP) is 3.82. The van der Waals surface area contributed by atoms with E-state index in [-0.39, 0.29) is 0 Å². The zero-order chi connectivity index (χ0) is 16.8. The third-order valence-electron chi connectivity index (χ3n) is 5.18. The molecule has 1 aliphatic rings. The molecule has 4 heterocycles. The van der Waals surface area contributed by atoms with Gasteiger partial charge in [-0.25, -0.2) is 19.6 Å². The van der Waals surface area contributed by atoms with Crippen LogP contribution in [0.15, 0.2) is 36.9 Å². The molecular formula is C19H20N6. The van der Waals surface area contributed by atoms with Gasteiger partial charge in [0.2, 0.25) is 0 Å². The van der Waals surface area contributed by atoms with Crippen molar-refractivity contribution in [3.63, 3.8) is 0 Å². The molecule has 4 aromatic rings. The van der Waals surface area contributed by atoms with Gasteiger partial charge in [0, 0.05) is 30.4 Å². The van der Waals surface area contributed by atoms with E-state index in [9.17, 15) is 0 Å². The quantitative estimate of drug-likeness (QED) is 0.572. The fourth-order valence-corrected chi connectivity index (χ4v) is 3.84. The number of hydrogen-bond acceptors (Lipinski definition) is 4. The minimum Gasteiger partial charge on any atom is -0.306 e. The Labute approximate surface area is 145 Å². The number of hydrogen-bond donors (Lipinski definition) is 0. The molecule has 0 saturated heterocycles. The topological polar surface area (TPSA) is 60.9 Å². The lowest BCUT2D eigenvalue weighted by molar-refractivity contribution is 0.474. The second kappa shape index (κ2) is 5.65. The Kier molecular flexibility index (Phi) is 3.29. The molecule has 0 aliphatic heterocycles. The van der Waals surface area contributed by atoms with Crippen molar-refractivity contribution in [3.05, 3.63) is 42.6 Å². The minimum absolute atomic E-state index is 0.474. The summed E-state index contributed by atoms with van der Waals surface area (Å²) in [6.45, 7) is 2.14. The van der Waals surface area contributed by atoms with Crippen LogP contribution in [-0.4, -0.2) is 29.1 Å². The first-order valence-electron chi connectivity index (χ1n) is 9.00. The van der Waals surface area contributed by atoms with Gasteiger partial charge in [-0.15, -0.1) is 0 Å². The maximum Gasteiger partial charge on any atom is 0.163 e. The molecule has 0 unspecified atom stereocenters. The Balaban J connectivity index is 1.67. The molecule has 6 nitrogen and oxygen atoms in total. The molecule has 5 rings (SSSR count). The second-order valence-corrected chi connectivity index (χ2v) is 6.72. The third kappa shape index (κ3) is 2.32. The number of aromatic nitrogens is 6. The van der Waals surface area contributed by atoms with E-state index in [4.69, 9.17) is 10.1 Å². The van der Waals surface area contributed by atoms with Crippen molar-refractivity contribution >= 4 is 16.7 Å². The Morgan fingerprint density at radius 2 is 2.04 bits per heavy atom. The standard InChI is InChI=1S/C19H20N6/c1-2-16-15-11-21-18(13-7-8-17-20-9-10-24(17)12-13)22-19(15)25(23-16)14-5-3-4-6-14/h7-12,14H,2-6H2,1H3. The Hall–Kier alpha value is -2.76. The molecular weight excluding hydrogens is 312 g/mol. The van der Waals surface area contributed by atoms with E-state index in [2.05, 4.69) is 21.6 Å². The van der Waals surface area contributed by atoms with Crippen molar-refractivity contribution in [1.82, 2.24) is 29.1 Å². The van der Waals surface area contributed by atoms with Crippen LogP contribution in [0.3, 0.4) is 0 Å². The van der Waals surface area contributed by atoms with Crippen LogP contribution in [0.2, 0.25) is 0 Å². The van der Waals surface area contributed by atoms with E-state index in [1.54, 1.807) is 6.20 Å². The van der Waals surface area contributed by atoms with Gasteiger partial charge >= 0.3 is 0 Å². The minimum atomic E-state index is 0.474. The molecule has 1 fully saturated rings. The van der Waals surface area contributed by atoms with Crippen LogP contribution in [0, 0.1) is 0 Å². The van der Waals surface area contributed by atoms with E-state index in [1.807, 2.05) is 35.1 Å². The summed E-state index contributed by atoms with van der Waals surface area (Å²) in [5.74, 6) is 0.741. The summed E-state index contributed by atoms with van der Waals surface area (Å²) in [5.41, 5.74) is 3.98. The highest BCUT2D eigenvalue weighted by molar-refractivity contribution is 5.79. The van der Waals surface area contributed by atoms with Crippen molar-refractivity contribution < 1.29 is 0 Å².